The van der Waals surface area contributed by atoms with E-state index in [2.05, 4.69) is 4.98 Å². The lowest BCUT2D eigenvalue weighted by Gasteiger charge is -2.33. The minimum atomic E-state index is -0.737. The summed E-state index contributed by atoms with van der Waals surface area (Å²) in [6.45, 7) is -0.0362. The van der Waals surface area contributed by atoms with Crippen molar-refractivity contribution in [1.29, 1.82) is 0 Å². The summed E-state index contributed by atoms with van der Waals surface area (Å²) < 4.78 is 4.95. The summed E-state index contributed by atoms with van der Waals surface area (Å²) >= 11 is 5.78. The predicted octanol–water partition coefficient (Wildman–Crippen LogP) is 0.758. The van der Waals surface area contributed by atoms with Gasteiger partial charge < -0.3 is 15.4 Å². The summed E-state index contributed by atoms with van der Waals surface area (Å²) in [4.78, 5) is 40.5. The smallest absolute Gasteiger partial charge is 0.341 e. The molecule has 22 heavy (non-hydrogen) atoms. The number of hydrogen-bond acceptors (Lipinski definition) is 5. The second kappa shape index (κ2) is 7.22. The summed E-state index contributed by atoms with van der Waals surface area (Å²) in [5, 5.41) is 0.00735. The number of esters is 1. The number of nitrogens with two attached hydrogens (primary N) is 1. The highest BCUT2D eigenvalue weighted by atomic mass is 35.5. The first-order valence-electron chi connectivity index (χ1n) is 6.87. The van der Waals surface area contributed by atoms with E-state index in [0.29, 0.717) is 13.0 Å². The molecule has 1 aliphatic rings. The topological polar surface area (TPSA) is 103 Å². The van der Waals surface area contributed by atoms with E-state index in [1.807, 2.05) is 0 Å². The fourth-order valence-corrected chi connectivity index (χ4v) is 2.55. The van der Waals surface area contributed by atoms with Crippen LogP contribution in [0, 0.1) is 0 Å². The van der Waals surface area contributed by atoms with Crippen LogP contribution in [-0.4, -0.2) is 46.9 Å². The molecule has 8 heteroatoms. The Morgan fingerprint density at radius 1 is 1.41 bits per heavy atom. The van der Waals surface area contributed by atoms with E-state index in [0.717, 1.165) is 12.8 Å². The molecular weight excluding hydrogens is 310 g/mol. The highest BCUT2D eigenvalue weighted by molar-refractivity contribution is 6.32. The molecule has 1 saturated heterocycles. The zero-order valence-electron chi connectivity index (χ0n) is 11.8. The average molecular weight is 326 g/mol. The first kappa shape index (κ1) is 16.2. The van der Waals surface area contributed by atoms with E-state index in [4.69, 9.17) is 22.1 Å². The number of pyridine rings is 1. The summed E-state index contributed by atoms with van der Waals surface area (Å²) in [6, 6.07) is 2.36. The Hall–Kier alpha value is -2.15. The molecule has 0 radical (unpaired) electrons. The number of nitrogens with zero attached hydrogens (tertiary/aromatic N) is 2. The SMILES string of the molecule is NC(=O)[C@H]1CCCCN1C(=O)COC(=O)c1cccnc1Cl. The molecule has 0 saturated carbocycles. The van der Waals surface area contributed by atoms with Crippen LogP contribution >= 0.6 is 11.6 Å². The van der Waals surface area contributed by atoms with Gasteiger partial charge in [-0.05, 0) is 31.4 Å². The number of amides is 2. The van der Waals surface area contributed by atoms with Crippen LogP contribution in [0.1, 0.15) is 29.6 Å². The first-order valence-corrected chi connectivity index (χ1v) is 7.25. The lowest BCUT2D eigenvalue weighted by Crippen LogP contribution is -2.51. The third-order valence-corrected chi connectivity index (χ3v) is 3.76. The Bertz CT molecular complexity index is 593. The lowest BCUT2D eigenvalue weighted by atomic mass is 10.0. The number of carbonyl (C=O) groups is 3. The zero-order chi connectivity index (χ0) is 16.1. The maximum atomic E-state index is 12.1. The molecule has 0 aliphatic carbocycles. The highest BCUT2D eigenvalue weighted by Crippen LogP contribution is 2.17. The maximum Gasteiger partial charge on any atom is 0.341 e. The second-order valence-corrected chi connectivity index (χ2v) is 5.28. The first-order chi connectivity index (χ1) is 10.5. The van der Waals surface area contributed by atoms with Crippen LogP contribution in [-0.2, 0) is 14.3 Å². The molecule has 2 rings (SSSR count). The largest absolute Gasteiger partial charge is 0.452 e. The zero-order valence-corrected chi connectivity index (χ0v) is 12.6. The maximum absolute atomic E-state index is 12.1. The molecule has 2 heterocycles. The molecule has 1 aliphatic heterocycles. The minimum Gasteiger partial charge on any atom is -0.452 e. The van der Waals surface area contributed by atoms with Crippen molar-refractivity contribution >= 4 is 29.4 Å². The molecule has 1 fully saturated rings. The lowest BCUT2D eigenvalue weighted by molar-refractivity contribution is -0.143. The van der Waals surface area contributed by atoms with Crippen LogP contribution in [0.2, 0.25) is 5.15 Å². The highest BCUT2D eigenvalue weighted by Gasteiger charge is 2.31. The number of hydrogen-bond donors (Lipinski definition) is 1. The Kier molecular flexibility index (Phi) is 5.32. The second-order valence-electron chi connectivity index (χ2n) is 4.92. The van der Waals surface area contributed by atoms with Crippen molar-refractivity contribution in [2.24, 2.45) is 5.73 Å². The van der Waals surface area contributed by atoms with Crippen LogP contribution < -0.4 is 5.73 Å². The molecule has 2 N–H and O–H groups in total. The molecule has 1 aromatic rings. The number of primary amides is 1. The number of ether oxygens (including phenoxy) is 1. The van der Waals surface area contributed by atoms with Gasteiger partial charge in [0.25, 0.3) is 5.91 Å². The monoisotopic (exact) mass is 325 g/mol. The Labute approximate surface area is 132 Å². The number of carbonyl (C=O) groups excluding carboxylic acids is 3. The molecule has 7 nitrogen and oxygen atoms in total. The summed E-state index contributed by atoms with van der Waals surface area (Å²) in [7, 11) is 0. The van der Waals surface area contributed by atoms with E-state index in [1.54, 1.807) is 0 Å². The van der Waals surface area contributed by atoms with Gasteiger partial charge in [0.2, 0.25) is 5.91 Å². The van der Waals surface area contributed by atoms with Crippen LogP contribution in [0.4, 0.5) is 0 Å². The number of halogens is 1. The van der Waals surface area contributed by atoms with Crippen LogP contribution in [0.15, 0.2) is 18.3 Å². The van der Waals surface area contributed by atoms with Crippen molar-refractivity contribution in [2.45, 2.75) is 25.3 Å². The van der Waals surface area contributed by atoms with Crippen molar-refractivity contribution in [3.8, 4) is 0 Å². The van der Waals surface area contributed by atoms with Gasteiger partial charge in [-0.1, -0.05) is 11.6 Å². The standard InChI is InChI=1S/C14H16ClN3O4/c15-12-9(4-3-6-17-12)14(21)22-8-11(19)18-7-2-1-5-10(18)13(16)20/h3-4,6,10H,1-2,5,7-8H2,(H2,16,20)/t10-/m1/s1. The van der Waals surface area contributed by atoms with Gasteiger partial charge in [-0.25, -0.2) is 9.78 Å². The van der Waals surface area contributed by atoms with Crippen molar-refractivity contribution in [2.75, 3.05) is 13.2 Å². The Morgan fingerprint density at radius 2 is 2.18 bits per heavy atom. The van der Waals surface area contributed by atoms with Crippen LogP contribution in [0.5, 0.6) is 0 Å². The molecule has 118 valence electrons. The molecule has 0 unspecified atom stereocenters. The van der Waals surface area contributed by atoms with Crippen molar-refractivity contribution in [3.63, 3.8) is 0 Å². The summed E-state index contributed by atoms with van der Waals surface area (Å²) in [5.41, 5.74) is 5.38. The van der Waals surface area contributed by atoms with Gasteiger partial charge in [-0.2, -0.15) is 0 Å². The van der Waals surface area contributed by atoms with Gasteiger partial charge in [-0.3, -0.25) is 9.59 Å². The Balaban J connectivity index is 1.96. The summed E-state index contributed by atoms with van der Waals surface area (Å²) in [5.74, 6) is -1.73. The molecular formula is C14H16ClN3O4. The van der Waals surface area contributed by atoms with E-state index in [1.165, 1.54) is 23.2 Å². The quantitative estimate of drug-likeness (QED) is 0.650. The predicted molar refractivity (Wildman–Crippen MR) is 78.1 cm³/mol. The third kappa shape index (κ3) is 3.73. The summed E-state index contributed by atoms with van der Waals surface area (Å²) in [6.07, 6.45) is 3.60. The number of likely N-dealkylation sites (tertiary alicyclic amines) is 1. The third-order valence-electron chi connectivity index (χ3n) is 3.46. The van der Waals surface area contributed by atoms with E-state index in [9.17, 15) is 14.4 Å². The average Bonchev–Trinajstić information content (AvgIpc) is 2.52. The fourth-order valence-electron chi connectivity index (χ4n) is 2.35. The van der Waals surface area contributed by atoms with E-state index < -0.39 is 30.4 Å². The van der Waals surface area contributed by atoms with Gasteiger partial charge in [0.15, 0.2) is 6.61 Å². The molecule has 0 aromatic carbocycles. The van der Waals surface area contributed by atoms with Crippen LogP contribution in [0.3, 0.4) is 0 Å². The van der Waals surface area contributed by atoms with Gasteiger partial charge in [-0.15, -0.1) is 0 Å². The Morgan fingerprint density at radius 3 is 2.86 bits per heavy atom. The molecule has 0 spiro atoms. The van der Waals surface area contributed by atoms with E-state index >= 15 is 0 Å². The van der Waals surface area contributed by atoms with Gasteiger partial charge in [0, 0.05) is 12.7 Å². The molecule has 1 atom stereocenters. The molecule has 1 aromatic heterocycles. The normalized spacial score (nSPS) is 17.9. The van der Waals surface area contributed by atoms with Crippen LogP contribution in [0.25, 0.3) is 0 Å². The van der Waals surface area contributed by atoms with E-state index in [-0.39, 0.29) is 10.7 Å². The van der Waals surface area contributed by atoms with Crippen molar-refractivity contribution < 1.29 is 19.1 Å². The molecule has 0 bridgehead atoms. The minimum absolute atomic E-state index is 0.00735. The molecule has 2 amide bonds. The van der Waals surface area contributed by atoms with Gasteiger partial charge in [0.1, 0.15) is 11.2 Å². The number of aromatic nitrogens is 1. The number of rotatable bonds is 4. The fraction of sp³-hybridized carbons (Fsp3) is 0.429. The van der Waals surface area contributed by atoms with Crippen molar-refractivity contribution in [3.05, 3.63) is 29.0 Å². The van der Waals surface area contributed by atoms with Crippen molar-refractivity contribution in [1.82, 2.24) is 9.88 Å². The van der Waals surface area contributed by atoms with Gasteiger partial charge in [0.05, 0.1) is 5.56 Å². The number of piperidine rings is 1. The van der Waals surface area contributed by atoms with Gasteiger partial charge >= 0.3 is 5.97 Å².